The van der Waals surface area contributed by atoms with Crippen LogP contribution in [0.4, 0.5) is 0 Å². The van der Waals surface area contributed by atoms with Gasteiger partial charge in [0.2, 0.25) is 11.8 Å². The summed E-state index contributed by atoms with van der Waals surface area (Å²) in [7, 11) is 3.18. The van der Waals surface area contributed by atoms with Gasteiger partial charge in [-0.3, -0.25) is 9.59 Å². The molecule has 0 radical (unpaired) electrons. The molecule has 0 unspecified atom stereocenters. The maximum Gasteiger partial charge on any atom is 0.242 e. The zero-order valence-electron chi connectivity index (χ0n) is 14.9. The third-order valence-electron chi connectivity index (χ3n) is 4.70. The van der Waals surface area contributed by atoms with E-state index in [0.29, 0.717) is 11.5 Å². The number of thioether (sulfide) groups is 1. The molecule has 2 amide bonds. The van der Waals surface area contributed by atoms with E-state index < -0.39 is 0 Å². The Labute approximate surface area is 152 Å². The van der Waals surface area contributed by atoms with E-state index >= 15 is 0 Å². The Hall–Kier alpha value is -1.89. The average Bonchev–Trinajstić information content (AvgIpc) is 3.25. The first-order valence-electron chi connectivity index (χ1n) is 8.50. The van der Waals surface area contributed by atoms with Crippen molar-refractivity contribution < 1.29 is 19.1 Å². The molecule has 1 aromatic carbocycles. The summed E-state index contributed by atoms with van der Waals surface area (Å²) in [5, 5.41) is -0.349. The number of carbonyl (C=O) groups excluding carboxylic acids is 2. The Balaban J connectivity index is 1.83. The second kappa shape index (κ2) is 7.56. The molecule has 7 heteroatoms. The number of ether oxygens (including phenoxy) is 2. The number of rotatable bonds is 5. The van der Waals surface area contributed by atoms with Gasteiger partial charge in [-0.2, -0.15) is 0 Å². The number of nitrogens with zero attached hydrogens (tertiary/aromatic N) is 2. The van der Waals surface area contributed by atoms with Crippen LogP contribution in [0.5, 0.6) is 11.5 Å². The normalized spacial score (nSPS) is 23.2. The van der Waals surface area contributed by atoms with Crippen LogP contribution in [0, 0.1) is 0 Å². The molecule has 2 aliphatic heterocycles. The van der Waals surface area contributed by atoms with E-state index in [4.69, 9.17) is 9.47 Å². The van der Waals surface area contributed by atoms with E-state index in [1.807, 2.05) is 30.0 Å². The summed E-state index contributed by atoms with van der Waals surface area (Å²) in [5.74, 6) is 1.31. The van der Waals surface area contributed by atoms with Crippen LogP contribution in [0.2, 0.25) is 0 Å². The van der Waals surface area contributed by atoms with E-state index in [1.54, 1.807) is 30.9 Å². The van der Waals surface area contributed by atoms with Crippen molar-refractivity contribution in [2.45, 2.75) is 30.4 Å². The Morgan fingerprint density at radius 3 is 2.52 bits per heavy atom. The average molecular weight is 364 g/mol. The summed E-state index contributed by atoms with van der Waals surface area (Å²) in [6.45, 7) is 3.62. The minimum Gasteiger partial charge on any atom is -0.493 e. The Bertz CT molecular complexity index is 660. The van der Waals surface area contributed by atoms with Gasteiger partial charge in [-0.05, 0) is 37.5 Å². The fourth-order valence-corrected chi connectivity index (χ4v) is 4.58. The van der Waals surface area contributed by atoms with Crippen LogP contribution in [0.3, 0.4) is 0 Å². The van der Waals surface area contributed by atoms with E-state index in [0.717, 1.165) is 31.5 Å². The van der Waals surface area contributed by atoms with Gasteiger partial charge in [0.1, 0.15) is 11.9 Å². The van der Waals surface area contributed by atoms with Crippen molar-refractivity contribution in [2.24, 2.45) is 0 Å². The van der Waals surface area contributed by atoms with Gasteiger partial charge in [-0.15, -0.1) is 11.8 Å². The molecule has 2 fully saturated rings. The Kier molecular flexibility index (Phi) is 5.42. The molecule has 2 heterocycles. The minimum absolute atomic E-state index is 0.0114. The van der Waals surface area contributed by atoms with Crippen molar-refractivity contribution >= 4 is 23.6 Å². The van der Waals surface area contributed by atoms with Gasteiger partial charge in [-0.1, -0.05) is 6.07 Å². The molecule has 6 nitrogen and oxygen atoms in total. The molecule has 0 bridgehead atoms. The number of hydrogen-bond acceptors (Lipinski definition) is 5. The third-order valence-corrected chi connectivity index (χ3v) is 6.10. The highest BCUT2D eigenvalue weighted by molar-refractivity contribution is 8.01. The van der Waals surface area contributed by atoms with Crippen molar-refractivity contribution in [3.63, 3.8) is 0 Å². The zero-order valence-corrected chi connectivity index (χ0v) is 15.7. The summed E-state index contributed by atoms with van der Waals surface area (Å²) in [4.78, 5) is 28.7. The number of carbonyl (C=O) groups is 2. The first kappa shape index (κ1) is 17.9. The number of methoxy groups -OCH3 is 2. The molecule has 0 aliphatic carbocycles. The van der Waals surface area contributed by atoms with Crippen LogP contribution in [0.1, 0.15) is 30.7 Å². The number of amides is 2. The summed E-state index contributed by atoms with van der Waals surface area (Å²) >= 11 is 1.56. The van der Waals surface area contributed by atoms with Crippen molar-refractivity contribution in [2.75, 3.05) is 33.9 Å². The van der Waals surface area contributed by atoms with Gasteiger partial charge in [0.15, 0.2) is 11.5 Å². The maximum atomic E-state index is 12.6. The van der Waals surface area contributed by atoms with E-state index in [9.17, 15) is 9.59 Å². The molecule has 0 saturated carbocycles. The highest BCUT2D eigenvalue weighted by Crippen LogP contribution is 2.44. The van der Waals surface area contributed by atoms with Gasteiger partial charge in [-0.25, -0.2) is 0 Å². The summed E-state index contributed by atoms with van der Waals surface area (Å²) in [6, 6.07) is 5.65. The molecule has 2 aliphatic rings. The number of likely N-dealkylation sites (tertiary alicyclic amines) is 1. The molecule has 1 aromatic rings. The number of hydrogen-bond donors (Lipinski definition) is 0. The molecule has 2 saturated heterocycles. The van der Waals surface area contributed by atoms with Gasteiger partial charge in [0.05, 0.1) is 19.5 Å². The smallest absolute Gasteiger partial charge is 0.242 e. The van der Waals surface area contributed by atoms with Crippen molar-refractivity contribution in [1.82, 2.24) is 9.80 Å². The highest BCUT2D eigenvalue weighted by atomic mass is 32.2. The SMILES string of the molecule is COc1ccc([C@H]2S[C@H](C)C(=O)N2CC(=O)N2CCCC2)cc1OC. The molecule has 0 N–H and O–H groups in total. The van der Waals surface area contributed by atoms with Gasteiger partial charge in [0, 0.05) is 13.1 Å². The van der Waals surface area contributed by atoms with Crippen molar-refractivity contribution in [3.8, 4) is 11.5 Å². The predicted octanol–water partition coefficient (Wildman–Crippen LogP) is 2.29. The van der Waals surface area contributed by atoms with Gasteiger partial charge < -0.3 is 19.3 Å². The van der Waals surface area contributed by atoms with Crippen molar-refractivity contribution in [1.29, 1.82) is 0 Å². The number of benzene rings is 1. The minimum atomic E-state index is -0.186. The van der Waals surface area contributed by atoms with E-state index in [2.05, 4.69) is 0 Å². The molecule has 2 atom stereocenters. The summed E-state index contributed by atoms with van der Waals surface area (Å²) in [5.41, 5.74) is 0.939. The molecule has 3 rings (SSSR count). The lowest BCUT2D eigenvalue weighted by Gasteiger charge is -2.26. The van der Waals surface area contributed by atoms with Crippen LogP contribution in [-0.4, -0.2) is 60.7 Å². The topological polar surface area (TPSA) is 59.1 Å². The van der Waals surface area contributed by atoms with Crippen LogP contribution in [0.25, 0.3) is 0 Å². The first-order valence-corrected chi connectivity index (χ1v) is 9.45. The van der Waals surface area contributed by atoms with E-state index in [-0.39, 0.29) is 29.0 Å². The van der Waals surface area contributed by atoms with Gasteiger partial charge >= 0.3 is 0 Å². The van der Waals surface area contributed by atoms with Crippen LogP contribution >= 0.6 is 11.8 Å². The molecule has 25 heavy (non-hydrogen) atoms. The van der Waals surface area contributed by atoms with Crippen LogP contribution in [-0.2, 0) is 9.59 Å². The van der Waals surface area contributed by atoms with Gasteiger partial charge in [0.25, 0.3) is 0 Å². The molecule has 136 valence electrons. The van der Waals surface area contributed by atoms with Crippen molar-refractivity contribution in [3.05, 3.63) is 23.8 Å². The van der Waals surface area contributed by atoms with E-state index in [1.165, 1.54) is 0 Å². The Morgan fingerprint density at radius 2 is 1.88 bits per heavy atom. The quantitative estimate of drug-likeness (QED) is 0.802. The Morgan fingerprint density at radius 1 is 1.20 bits per heavy atom. The zero-order chi connectivity index (χ0) is 18.0. The molecular weight excluding hydrogens is 340 g/mol. The molecular formula is C18H24N2O4S. The van der Waals surface area contributed by atoms with Crippen LogP contribution in [0.15, 0.2) is 18.2 Å². The largest absolute Gasteiger partial charge is 0.493 e. The predicted molar refractivity (Wildman–Crippen MR) is 96.9 cm³/mol. The first-order chi connectivity index (χ1) is 12.0. The second-order valence-electron chi connectivity index (χ2n) is 6.30. The summed E-state index contributed by atoms with van der Waals surface area (Å²) < 4.78 is 10.7. The highest BCUT2D eigenvalue weighted by Gasteiger charge is 2.40. The molecule has 0 spiro atoms. The standard InChI is InChI=1S/C18H24N2O4S/c1-12-17(22)20(11-16(21)19-8-4-5-9-19)18(25-12)13-6-7-14(23-2)15(10-13)24-3/h6-7,10,12,18H,4-5,8-9,11H2,1-3H3/t12-,18-/m1/s1. The van der Waals surface area contributed by atoms with Crippen LogP contribution < -0.4 is 9.47 Å². The monoisotopic (exact) mass is 364 g/mol. The molecule has 0 aromatic heterocycles. The lowest BCUT2D eigenvalue weighted by atomic mass is 10.1. The summed E-state index contributed by atoms with van der Waals surface area (Å²) in [6.07, 6.45) is 2.09. The lowest BCUT2D eigenvalue weighted by molar-refractivity contribution is -0.139. The third kappa shape index (κ3) is 3.56. The fourth-order valence-electron chi connectivity index (χ4n) is 3.31. The second-order valence-corrected chi connectivity index (χ2v) is 7.72. The maximum absolute atomic E-state index is 12.6. The lowest BCUT2D eigenvalue weighted by Crippen LogP contribution is -2.41. The fraction of sp³-hybridized carbons (Fsp3) is 0.556.